The van der Waals surface area contributed by atoms with Crippen molar-refractivity contribution in [1.29, 1.82) is 0 Å². The summed E-state index contributed by atoms with van der Waals surface area (Å²) in [5.41, 5.74) is -0.0403. The number of amides is 1. The molecule has 25 heavy (non-hydrogen) atoms. The van der Waals surface area contributed by atoms with Crippen LogP contribution in [0.3, 0.4) is 0 Å². The maximum Gasteiger partial charge on any atom is 0.573 e. The zero-order chi connectivity index (χ0) is 18.7. The first-order chi connectivity index (χ1) is 11.6. The van der Waals surface area contributed by atoms with Crippen molar-refractivity contribution < 1.29 is 27.4 Å². The Bertz CT molecular complexity index is 596. The van der Waals surface area contributed by atoms with E-state index < -0.39 is 12.0 Å². The second-order valence-electron chi connectivity index (χ2n) is 7.18. The summed E-state index contributed by atoms with van der Waals surface area (Å²) in [6.07, 6.45) is -3.14. The van der Waals surface area contributed by atoms with Gasteiger partial charge in [0.15, 0.2) is 0 Å². The zero-order valence-electron chi connectivity index (χ0n) is 14.7. The summed E-state index contributed by atoms with van der Waals surface area (Å²) in [5.74, 6) is -0.253. The largest absolute Gasteiger partial charge is 0.573 e. The number of nitrogens with zero attached hydrogens (tertiary/aromatic N) is 1. The Balaban J connectivity index is 2.08. The lowest BCUT2D eigenvalue weighted by Gasteiger charge is -2.26. The third-order valence-corrected chi connectivity index (χ3v) is 3.96. The first-order valence-electron chi connectivity index (χ1n) is 8.38. The van der Waals surface area contributed by atoms with E-state index in [2.05, 4.69) is 4.74 Å². The van der Waals surface area contributed by atoms with Crippen LogP contribution in [0.4, 0.5) is 18.0 Å². The summed E-state index contributed by atoms with van der Waals surface area (Å²) in [5, 5.41) is 0. The molecule has 1 aliphatic rings. The predicted octanol–water partition coefficient (Wildman–Crippen LogP) is 5.09. The molecular formula is C18H24F3NO3. The lowest BCUT2D eigenvalue weighted by Crippen LogP contribution is -2.37. The molecule has 0 spiro atoms. The monoisotopic (exact) mass is 359 g/mol. The molecule has 1 saturated heterocycles. The van der Waals surface area contributed by atoms with Crippen LogP contribution >= 0.6 is 0 Å². The van der Waals surface area contributed by atoms with Gasteiger partial charge in [0.25, 0.3) is 0 Å². The molecule has 1 aromatic carbocycles. The molecule has 7 heteroatoms. The molecule has 0 aromatic heterocycles. The van der Waals surface area contributed by atoms with Gasteiger partial charge in [0, 0.05) is 13.1 Å². The Morgan fingerprint density at radius 1 is 1.12 bits per heavy atom. The minimum atomic E-state index is -4.72. The molecule has 1 aromatic rings. The molecule has 1 aliphatic heterocycles. The number of benzene rings is 1. The molecule has 2 rings (SSSR count). The molecule has 0 N–H and O–H groups in total. The fraction of sp³-hybridized carbons (Fsp3) is 0.611. The Morgan fingerprint density at radius 3 is 2.44 bits per heavy atom. The molecule has 0 aliphatic carbocycles. The molecule has 1 atom stereocenters. The Morgan fingerprint density at radius 2 is 1.80 bits per heavy atom. The summed E-state index contributed by atoms with van der Waals surface area (Å²) < 4.78 is 47.3. The van der Waals surface area contributed by atoms with Gasteiger partial charge in [-0.2, -0.15) is 0 Å². The number of ether oxygens (including phenoxy) is 2. The molecule has 140 valence electrons. The van der Waals surface area contributed by atoms with Crippen LogP contribution in [-0.2, 0) is 4.74 Å². The van der Waals surface area contributed by atoms with Crippen LogP contribution in [-0.4, -0.2) is 36.0 Å². The van der Waals surface area contributed by atoms with Gasteiger partial charge in [0.1, 0.15) is 11.4 Å². The van der Waals surface area contributed by atoms with E-state index in [0.717, 1.165) is 0 Å². The fourth-order valence-corrected chi connectivity index (χ4v) is 2.95. The number of rotatable bonds is 2. The molecule has 1 amide bonds. The van der Waals surface area contributed by atoms with E-state index in [1.807, 2.05) is 0 Å². The van der Waals surface area contributed by atoms with E-state index in [1.54, 1.807) is 37.8 Å². The van der Waals surface area contributed by atoms with Gasteiger partial charge >= 0.3 is 12.5 Å². The summed E-state index contributed by atoms with van der Waals surface area (Å²) >= 11 is 0. The number of hydrogen-bond acceptors (Lipinski definition) is 3. The average molecular weight is 359 g/mol. The highest BCUT2D eigenvalue weighted by Gasteiger charge is 2.33. The molecule has 0 bridgehead atoms. The number of carbonyl (C=O) groups excluding carboxylic acids is 1. The number of carbonyl (C=O) groups is 1. The maximum atomic E-state index is 12.6. The van der Waals surface area contributed by atoms with Crippen LogP contribution in [0.15, 0.2) is 24.3 Å². The van der Waals surface area contributed by atoms with Crippen molar-refractivity contribution in [3.8, 4) is 5.75 Å². The molecule has 0 saturated carbocycles. The van der Waals surface area contributed by atoms with Gasteiger partial charge in [-0.1, -0.05) is 18.2 Å². The highest BCUT2D eigenvalue weighted by atomic mass is 19.4. The predicted molar refractivity (Wildman–Crippen MR) is 87.5 cm³/mol. The SMILES string of the molecule is CC(C)(C)OC(=O)N1CCCC(c2ccccc2OC(F)(F)F)CC1. The van der Waals surface area contributed by atoms with Crippen molar-refractivity contribution >= 4 is 6.09 Å². The lowest BCUT2D eigenvalue weighted by molar-refractivity contribution is -0.275. The average Bonchev–Trinajstić information content (AvgIpc) is 2.70. The van der Waals surface area contributed by atoms with Crippen LogP contribution in [0.25, 0.3) is 0 Å². The summed E-state index contributed by atoms with van der Waals surface area (Å²) in [6, 6.07) is 6.22. The number of alkyl halides is 3. The second kappa shape index (κ2) is 7.54. The van der Waals surface area contributed by atoms with Crippen LogP contribution < -0.4 is 4.74 Å². The Hall–Kier alpha value is -1.92. The summed E-state index contributed by atoms with van der Waals surface area (Å²) in [7, 11) is 0. The van der Waals surface area contributed by atoms with Crippen molar-refractivity contribution in [2.45, 2.75) is 57.9 Å². The molecular weight excluding hydrogens is 335 g/mol. The minimum Gasteiger partial charge on any atom is -0.444 e. The molecule has 0 radical (unpaired) electrons. The van der Waals surface area contributed by atoms with Gasteiger partial charge in [0.2, 0.25) is 0 Å². The van der Waals surface area contributed by atoms with Crippen LogP contribution in [0.2, 0.25) is 0 Å². The highest BCUT2D eigenvalue weighted by Crippen LogP contribution is 2.36. The molecule has 1 heterocycles. The van der Waals surface area contributed by atoms with E-state index in [-0.39, 0.29) is 17.8 Å². The quantitative estimate of drug-likeness (QED) is 0.738. The lowest BCUT2D eigenvalue weighted by atomic mass is 9.91. The van der Waals surface area contributed by atoms with E-state index in [9.17, 15) is 18.0 Å². The fourth-order valence-electron chi connectivity index (χ4n) is 2.95. The van der Waals surface area contributed by atoms with Gasteiger partial charge in [-0.3, -0.25) is 0 Å². The highest BCUT2D eigenvalue weighted by molar-refractivity contribution is 5.68. The van der Waals surface area contributed by atoms with Crippen molar-refractivity contribution in [3.63, 3.8) is 0 Å². The van der Waals surface area contributed by atoms with Crippen molar-refractivity contribution in [2.24, 2.45) is 0 Å². The maximum absolute atomic E-state index is 12.6. The first-order valence-corrected chi connectivity index (χ1v) is 8.38. The number of hydrogen-bond donors (Lipinski definition) is 0. The van der Waals surface area contributed by atoms with Crippen LogP contribution in [0.1, 0.15) is 51.5 Å². The first kappa shape index (κ1) is 19.4. The van der Waals surface area contributed by atoms with E-state index in [0.29, 0.717) is 37.9 Å². The standard InChI is InChI=1S/C18H24F3NO3/c1-17(2,3)25-16(23)22-11-6-7-13(10-12-22)14-8-4-5-9-15(14)24-18(19,20)21/h4-5,8-9,13H,6-7,10-12H2,1-3H3. The van der Waals surface area contributed by atoms with Crippen molar-refractivity contribution in [3.05, 3.63) is 29.8 Å². The van der Waals surface area contributed by atoms with Gasteiger partial charge in [-0.05, 0) is 57.6 Å². The Labute approximate surface area is 145 Å². The van der Waals surface area contributed by atoms with E-state index >= 15 is 0 Å². The van der Waals surface area contributed by atoms with Gasteiger partial charge in [-0.15, -0.1) is 13.2 Å². The smallest absolute Gasteiger partial charge is 0.444 e. The summed E-state index contributed by atoms with van der Waals surface area (Å²) in [4.78, 5) is 13.8. The molecule has 4 nitrogen and oxygen atoms in total. The summed E-state index contributed by atoms with van der Waals surface area (Å²) in [6.45, 7) is 6.39. The Kier molecular flexibility index (Phi) is 5.85. The van der Waals surface area contributed by atoms with Crippen LogP contribution in [0.5, 0.6) is 5.75 Å². The van der Waals surface area contributed by atoms with Crippen molar-refractivity contribution in [1.82, 2.24) is 4.90 Å². The normalized spacial score (nSPS) is 19.3. The number of para-hydroxylation sites is 1. The zero-order valence-corrected chi connectivity index (χ0v) is 14.7. The van der Waals surface area contributed by atoms with Crippen LogP contribution in [0, 0.1) is 0 Å². The number of halogens is 3. The van der Waals surface area contributed by atoms with Gasteiger partial charge in [0.05, 0.1) is 0 Å². The van der Waals surface area contributed by atoms with E-state index in [4.69, 9.17) is 4.74 Å². The van der Waals surface area contributed by atoms with Gasteiger partial charge < -0.3 is 14.4 Å². The third-order valence-electron chi connectivity index (χ3n) is 3.96. The third kappa shape index (κ3) is 6.14. The topological polar surface area (TPSA) is 38.8 Å². The molecule has 1 fully saturated rings. The second-order valence-corrected chi connectivity index (χ2v) is 7.18. The van der Waals surface area contributed by atoms with Crippen molar-refractivity contribution in [2.75, 3.05) is 13.1 Å². The van der Waals surface area contributed by atoms with E-state index in [1.165, 1.54) is 12.1 Å². The van der Waals surface area contributed by atoms with Gasteiger partial charge in [-0.25, -0.2) is 4.79 Å². The number of likely N-dealkylation sites (tertiary alicyclic amines) is 1. The molecule has 1 unspecified atom stereocenters. The minimum absolute atomic E-state index is 0.0917.